The van der Waals surface area contributed by atoms with Crippen LogP contribution in [-0.2, 0) is 0 Å². The van der Waals surface area contributed by atoms with Crippen LogP contribution in [0.3, 0.4) is 0 Å². The van der Waals surface area contributed by atoms with Crippen LogP contribution in [0.15, 0.2) is 0 Å². The molecular weight excluding hydrogens is 90.8 g/mol. The molecule has 0 aromatic carbocycles. The van der Waals surface area contributed by atoms with Crippen LogP contribution in [-0.4, -0.2) is 32.9 Å². The van der Waals surface area contributed by atoms with E-state index in [1.165, 1.54) is 0 Å². The topological polar surface area (TPSA) is 101 Å². The van der Waals surface area contributed by atoms with Gasteiger partial charge < -0.3 is 15.1 Å². The Bertz CT molecular complexity index is 8.66. The smallest absolute Gasteiger partial charge is 0.402 e. The molecule has 0 aromatic rings. The second-order valence-corrected chi connectivity index (χ2v) is 0.346. The summed E-state index contributed by atoms with van der Waals surface area (Å²) < 4.78 is 0. The third-order valence-corrected chi connectivity index (χ3v) is 0. The van der Waals surface area contributed by atoms with E-state index in [9.17, 15) is 0 Å². The van der Waals surface area contributed by atoms with Gasteiger partial charge in [-0.05, 0) is 0 Å². The third-order valence-electron chi connectivity index (χ3n) is 0. The second kappa shape index (κ2) is 8.85. The Balaban J connectivity index is 0. The first-order valence-corrected chi connectivity index (χ1v) is 0.975. The predicted molar refractivity (Wildman–Crippen MR) is 17.7 cm³/mol. The fraction of sp³-hybridized carbons (Fsp3) is 0. The molecule has 0 amide bonds. The summed E-state index contributed by atoms with van der Waals surface area (Å²) in [5.41, 5.74) is 0. The van der Waals surface area contributed by atoms with Crippen molar-refractivity contribution in [2.24, 2.45) is 0 Å². The maximum atomic E-state index is 7.17. The first-order chi connectivity index (χ1) is 2.73. The van der Waals surface area contributed by atoms with E-state index in [-0.39, 0.29) is 0 Å². The molecule has 0 spiro atoms. The van der Waals surface area contributed by atoms with Crippen molar-refractivity contribution in [1.82, 2.24) is 0 Å². The van der Waals surface area contributed by atoms with Crippen molar-refractivity contribution < 1.29 is 25.6 Å². The monoisotopic (exact) mass is 96.0 g/mol. The molecule has 6 heteroatoms. The van der Waals surface area contributed by atoms with Crippen molar-refractivity contribution in [2.75, 3.05) is 0 Å². The summed E-state index contributed by atoms with van der Waals surface area (Å²) in [6.45, 7) is 0. The lowest BCUT2D eigenvalue weighted by atomic mass is 10.3. The number of hydrogen-bond donors (Lipinski definition) is 5. The second-order valence-electron chi connectivity index (χ2n) is 0.346. The summed E-state index contributed by atoms with van der Waals surface area (Å²) in [6, 6.07) is 0. The van der Waals surface area contributed by atoms with E-state index in [4.69, 9.17) is 25.6 Å². The molecule has 38 valence electrons. The van der Waals surface area contributed by atoms with Gasteiger partial charge in [0.25, 0.3) is 0 Å². The maximum Gasteiger partial charge on any atom is 0.631 e. The Labute approximate surface area is 34.2 Å². The van der Waals surface area contributed by atoms with Crippen molar-refractivity contribution in [3.8, 4) is 0 Å². The van der Waals surface area contributed by atoms with Crippen LogP contribution in [0.5, 0.6) is 0 Å². The first-order valence-electron chi connectivity index (χ1n) is 0.975. The molecule has 6 heavy (non-hydrogen) atoms. The maximum absolute atomic E-state index is 7.17. The molecule has 0 heterocycles. The van der Waals surface area contributed by atoms with Gasteiger partial charge in [-0.1, -0.05) is 0 Å². The summed E-state index contributed by atoms with van der Waals surface area (Å²) in [7, 11) is -2.17. The molecule has 0 aromatic heterocycles. The average molecular weight is 95.8 g/mol. The average Bonchev–Trinajstić information content (AvgIpc) is 1.41. The Morgan fingerprint density at radius 1 is 0.833 bits per heavy atom. The standard InChI is InChI=1S/BH3O3.H2O2/c2-1(3)4;1-2/h2-4H;1-2H. The Hall–Kier alpha value is -0.135. The minimum atomic E-state index is -2.17. The highest BCUT2D eigenvalue weighted by atomic mass is 17.0. The van der Waals surface area contributed by atoms with E-state index in [1.54, 1.807) is 0 Å². The van der Waals surface area contributed by atoms with E-state index in [0.717, 1.165) is 0 Å². The van der Waals surface area contributed by atoms with Gasteiger partial charge in [0.2, 0.25) is 0 Å². The quantitative estimate of drug-likeness (QED) is 0.136. The minimum Gasteiger partial charge on any atom is -0.402 e. The van der Waals surface area contributed by atoms with E-state index in [2.05, 4.69) is 0 Å². The molecule has 0 radical (unpaired) electrons. The van der Waals surface area contributed by atoms with Gasteiger partial charge >= 0.3 is 7.32 Å². The summed E-state index contributed by atoms with van der Waals surface area (Å²) in [4.78, 5) is 0. The lowest BCUT2D eigenvalue weighted by Crippen LogP contribution is -2.07. The molecule has 0 aliphatic carbocycles. The normalized spacial score (nSPS) is 5.50. The molecule has 0 aliphatic rings. The zero-order chi connectivity index (χ0) is 5.58. The summed E-state index contributed by atoms with van der Waals surface area (Å²) in [6.07, 6.45) is 0. The highest BCUT2D eigenvalue weighted by Crippen LogP contribution is 1.40. The SMILES string of the molecule is OB(O)O.OO. The van der Waals surface area contributed by atoms with Gasteiger partial charge in [-0.15, -0.1) is 0 Å². The fourth-order valence-electron chi connectivity index (χ4n) is 0. The zero-order valence-corrected chi connectivity index (χ0v) is 2.81. The van der Waals surface area contributed by atoms with Crippen LogP contribution < -0.4 is 0 Å². The van der Waals surface area contributed by atoms with Crippen LogP contribution in [0, 0.1) is 0 Å². The Kier molecular flexibility index (Phi) is 13.7. The van der Waals surface area contributed by atoms with Gasteiger partial charge in [-0.2, -0.15) is 0 Å². The van der Waals surface area contributed by atoms with Crippen LogP contribution in [0.1, 0.15) is 0 Å². The molecule has 0 unspecified atom stereocenters. The highest BCUT2D eigenvalue weighted by Gasteiger charge is 1.92. The van der Waals surface area contributed by atoms with Crippen molar-refractivity contribution in [3.63, 3.8) is 0 Å². The summed E-state index contributed by atoms with van der Waals surface area (Å²) >= 11 is 0. The number of rotatable bonds is 0. The van der Waals surface area contributed by atoms with Gasteiger partial charge in [-0.25, -0.2) is 0 Å². The predicted octanol–water partition coefficient (Wildman–Crippen LogP) is -2.03. The number of hydrogen-bond acceptors (Lipinski definition) is 5. The van der Waals surface area contributed by atoms with Crippen molar-refractivity contribution in [3.05, 3.63) is 0 Å². The molecule has 0 atom stereocenters. The molecule has 0 saturated carbocycles. The molecule has 0 fully saturated rings. The zero-order valence-electron chi connectivity index (χ0n) is 2.81. The van der Waals surface area contributed by atoms with Crippen molar-refractivity contribution in [1.29, 1.82) is 0 Å². The lowest BCUT2D eigenvalue weighted by molar-refractivity contribution is -0.176. The third kappa shape index (κ3) is 1740. The van der Waals surface area contributed by atoms with Crippen LogP contribution >= 0.6 is 0 Å². The Morgan fingerprint density at radius 2 is 0.833 bits per heavy atom. The van der Waals surface area contributed by atoms with E-state index in [0.29, 0.717) is 0 Å². The molecule has 5 nitrogen and oxygen atoms in total. The first kappa shape index (κ1) is 9.29. The molecule has 0 bridgehead atoms. The largest absolute Gasteiger partial charge is 0.631 e. The van der Waals surface area contributed by atoms with E-state index < -0.39 is 7.32 Å². The van der Waals surface area contributed by atoms with Crippen molar-refractivity contribution >= 4 is 7.32 Å². The van der Waals surface area contributed by atoms with E-state index in [1.807, 2.05) is 0 Å². The summed E-state index contributed by atoms with van der Waals surface area (Å²) in [5, 5.41) is 33.5. The van der Waals surface area contributed by atoms with Crippen molar-refractivity contribution in [2.45, 2.75) is 0 Å². The summed E-state index contributed by atoms with van der Waals surface area (Å²) in [5.74, 6) is 0. The van der Waals surface area contributed by atoms with Gasteiger partial charge in [0.1, 0.15) is 0 Å². The van der Waals surface area contributed by atoms with Crippen LogP contribution in [0.2, 0.25) is 0 Å². The fourth-order valence-corrected chi connectivity index (χ4v) is 0. The van der Waals surface area contributed by atoms with Crippen LogP contribution in [0.25, 0.3) is 0 Å². The van der Waals surface area contributed by atoms with Crippen LogP contribution in [0.4, 0.5) is 0 Å². The molecule has 0 rings (SSSR count). The van der Waals surface area contributed by atoms with Gasteiger partial charge in [0, 0.05) is 0 Å². The highest BCUT2D eigenvalue weighted by molar-refractivity contribution is 6.30. The van der Waals surface area contributed by atoms with Gasteiger partial charge in [0.05, 0.1) is 0 Å². The molecule has 0 aliphatic heterocycles. The molecule has 0 saturated heterocycles. The Morgan fingerprint density at radius 3 is 0.833 bits per heavy atom. The van der Waals surface area contributed by atoms with Gasteiger partial charge in [0.15, 0.2) is 0 Å². The molecular formula is H5BO5. The molecule has 5 N–H and O–H groups in total. The minimum absolute atomic E-state index is 2.17. The van der Waals surface area contributed by atoms with Gasteiger partial charge in [-0.3, -0.25) is 10.5 Å². The van der Waals surface area contributed by atoms with E-state index >= 15 is 0 Å². The lowest BCUT2D eigenvalue weighted by Gasteiger charge is -1.69.